The zero-order valence-electron chi connectivity index (χ0n) is 14.6. The van der Waals surface area contributed by atoms with Crippen LogP contribution in [0.15, 0.2) is 48.5 Å². The molecule has 2 N–H and O–H groups in total. The Balaban J connectivity index is 1.68. The first-order valence-electron chi connectivity index (χ1n) is 8.34. The number of hydrogen-bond donors (Lipinski definition) is 2. The maximum atomic E-state index is 12.3. The zero-order valence-corrected chi connectivity index (χ0v) is 16.9. The molecule has 1 saturated heterocycles. The molecule has 29 heavy (non-hydrogen) atoms. The van der Waals surface area contributed by atoms with Gasteiger partial charge in [-0.15, -0.1) is 0 Å². The molecule has 1 heterocycles. The van der Waals surface area contributed by atoms with Gasteiger partial charge in [0, 0.05) is 10.0 Å². The number of carbonyl (C=O) groups excluding carboxylic acids is 2. The molecule has 0 bridgehead atoms. The molecule has 0 saturated carbocycles. The van der Waals surface area contributed by atoms with Crippen molar-refractivity contribution < 1.29 is 34.0 Å². The summed E-state index contributed by atoms with van der Waals surface area (Å²) in [5.74, 6) is -1.51. The van der Waals surface area contributed by atoms with E-state index in [0.717, 1.165) is 0 Å². The number of ether oxygens (including phenoxy) is 3. The first kappa shape index (κ1) is 21.8. The fraction of sp³-hybridized carbons (Fsp3) is 0.263. The highest BCUT2D eigenvalue weighted by molar-refractivity contribution is 6.31. The van der Waals surface area contributed by atoms with Crippen LogP contribution in [0.3, 0.4) is 0 Å². The Bertz CT molecular complexity index is 884. The zero-order chi connectivity index (χ0) is 21.2. The van der Waals surface area contributed by atoms with Gasteiger partial charge in [-0.25, -0.2) is 9.59 Å². The van der Waals surface area contributed by atoms with Crippen molar-refractivity contribution in [3.8, 4) is 0 Å². The molecule has 154 valence electrons. The molecule has 0 spiro atoms. The van der Waals surface area contributed by atoms with Gasteiger partial charge in [-0.05, 0) is 48.5 Å². The van der Waals surface area contributed by atoms with Gasteiger partial charge in [-0.1, -0.05) is 34.8 Å². The number of esters is 2. The van der Waals surface area contributed by atoms with Gasteiger partial charge in [-0.2, -0.15) is 0 Å². The van der Waals surface area contributed by atoms with Gasteiger partial charge in [-0.3, -0.25) is 0 Å². The highest BCUT2D eigenvalue weighted by Gasteiger charge is 2.55. The summed E-state index contributed by atoms with van der Waals surface area (Å²) in [7, 11) is 0. The van der Waals surface area contributed by atoms with Crippen molar-refractivity contribution in [2.45, 2.75) is 23.6 Å². The molecule has 2 aromatic carbocycles. The maximum Gasteiger partial charge on any atom is 0.338 e. The Hall–Kier alpha value is -1.87. The summed E-state index contributed by atoms with van der Waals surface area (Å²) in [6.45, 7) is -0.438. The minimum Gasteiger partial charge on any atom is -0.459 e. The Morgan fingerprint density at radius 2 is 1.45 bits per heavy atom. The summed E-state index contributed by atoms with van der Waals surface area (Å²) >= 11 is 17.3. The van der Waals surface area contributed by atoms with E-state index in [4.69, 9.17) is 49.0 Å². The van der Waals surface area contributed by atoms with Gasteiger partial charge in [0.15, 0.2) is 12.2 Å². The first-order chi connectivity index (χ1) is 13.7. The molecule has 0 amide bonds. The monoisotopic (exact) mass is 460 g/mol. The normalized spacial score (nSPS) is 26.2. The number of benzene rings is 2. The van der Waals surface area contributed by atoms with E-state index in [-0.39, 0.29) is 11.1 Å². The first-order valence-corrected chi connectivity index (χ1v) is 9.47. The van der Waals surface area contributed by atoms with Crippen LogP contribution in [0.1, 0.15) is 20.7 Å². The number of aliphatic hydroxyl groups excluding tert-OH is 1. The highest BCUT2D eigenvalue weighted by Crippen LogP contribution is 2.35. The molecule has 2 aromatic rings. The van der Waals surface area contributed by atoms with Crippen LogP contribution in [0.25, 0.3) is 0 Å². The minimum absolute atomic E-state index is 0.156. The second-order valence-corrected chi connectivity index (χ2v) is 7.61. The van der Waals surface area contributed by atoms with Gasteiger partial charge in [0.25, 0.3) is 5.25 Å². The van der Waals surface area contributed by atoms with E-state index < -0.39 is 42.1 Å². The Morgan fingerprint density at radius 1 is 0.966 bits per heavy atom. The van der Waals surface area contributed by atoms with Crippen molar-refractivity contribution in [2.24, 2.45) is 0 Å². The minimum atomic E-state index is -2.51. The number of halogens is 3. The third-order valence-corrected chi connectivity index (χ3v) is 4.96. The fourth-order valence-electron chi connectivity index (χ4n) is 2.63. The van der Waals surface area contributed by atoms with Crippen LogP contribution < -0.4 is 0 Å². The second kappa shape index (κ2) is 8.87. The van der Waals surface area contributed by atoms with Gasteiger partial charge in [0.05, 0.1) is 11.1 Å². The molecule has 0 radical (unpaired) electrons. The smallest absolute Gasteiger partial charge is 0.338 e. The van der Waals surface area contributed by atoms with E-state index in [9.17, 15) is 19.8 Å². The van der Waals surface area contributed by atoms with E-state index in [2.05, 4.69) is 0 Å². The van der Waals surface area contributed by atoms with Crippen molar-refractivity contribution >= 4 is 46.7 Å². The summed E-state index contributed by atoms with van der Waals surface area (Å²) in [5, 5.41) is 18.5. The molecule has 0 aliphatic carbocycles. The van der Waals surface area contributed by atoms with Crippen molar-refractivity contribution in [2.75, 3.05) is 6.61 Å². The summed E-state index contributed by atoms with van der Waals surface area (Å²) in [5.41, 5.74) is 0.382. The third kappa shape index (κ3) is 5.19. The van der Waals surface area contributed by atoms with E-state index in [0.29, 0.717) is 10.0 Å². The molecule has 1 aliphatic rings. The van der Waals surface area contributed by atoms with Gasteiger partial charge < -0.3 is 24.4 Å². The second-order valence-electron chi connectivity index (χ2n) is 6.19. The Labute approximate surface area is 180 Å². The van der Waals surface area contributed by atoms with Crippen LogP contribution in [-0.4, -0.2) is 52.3 Å². The predicted octanol–water partition coefficient (Wildman–Crippen LogP) is 3.02. The largest absolute Gasteiger partial charge is 0.459 e. The van der Waals surface area contributed by atoms with Crippen molar-refractivity contribution in [3.05, 3.63) is 69.7 Å². The van der Waals surface area contributed by atoms with E-state index >= 15 is 0 Å². The SMILES string of the molecule is O=C(OC[C@@H]1OC(O)(Cl)[C@@H](O)[C@H]1OC(=O)c1ccc(Cl)cc1)c1ccc(Cl)cc1. The van der Waals surface area contributed by atoms with Gasteiger partial charge in [0.2, 0.25) is 0 Å². The number of aliphatic hydroxyl groups is 2. The molecule has 1 aliphatic heterocycles. The number of hydrogen-bond acceptors (Lipinski definition) is 7. The number of carbonyl (C=O) groups is 2. The highest BCUT2D eigenvalue weighted by atomic mass is 35.5. The lowest BCUT2D eigenvalue weighted by atomic mass is 10.1. The number of rotatable bonds is 5. The lowest BCUT2D eigenvalue weighted by molar-refractivity contribution is -0.169. The fourth-order valence-corrected chi connectivity index (χ4v) is 3.12. The van der Waals surface area contributed by atoms with E-state index in [1.54, 1.807) is 0 Å². The summed E-state index contributed by atoms with van der Waals surface area (Å²) in [6, 6.07) is 11.8. The topological polar surface area (TPSA) is 102 Å². The van der Waals surface area contributed by atoms with Gasteiger partial charge >= 0.3 is 11.9 Å². The predicted molar refractivity (Wildman–Crippen MR) is 104 cm³/mol. The van der Waals surface area contributed by atoms with Crippen LogP contribution >= 0.6 is 34.8 Å². The molecular weight excluding hydrogens is 447 g/mol. The Morgan fingerprint density at radius 3 is 1.97 bits per heavy atom. The van der Waals surface area contributed by atoms with Crippen LogP contribution in [0.5, 0.6) is 0 Å². The maximum absolute atomic E-state index is 12.3. The summed E-state index contributed by atoms with van der Waals surface area (Å²) in [6.07, 6.45) is -4.38. The van der Waals surface area contributed by atoms with E-state index in [1.807, 2.05) is 0 Å². The quantitative estimate of drug-likeness (QED) is 0.521. The van der Waals surface area contributed by atoms with Gasteiger partial charge in [0.1, 0.15) is 12.7 Å². The molecule has 1 fully saturated rings. The lowest BCUT2D eigenvalue weighted by Gasteiger charge is -2.20. The lowest BCUT2D eigenvalue weighted by Crippen LogP contribution is -2.41. The van der Waals surface area contributed by atoms with Crippen LogP contribution in [0.4, 0.5) is 0 Å². The van der Waals surface area contributed by atoms with Crippen molar-refractivity contribution in [1.82, 2.24) is 0 Å². The van der Waals surface area contributed by atoms with Crippen molar-refractivity contribution in [3.63, 3.8) is 0 Å². The molecule has 4 atom stereocenters. The Kier molecular flexibility index (Phi) is 6.68. The average Bonchev–Trinajstić information content (AvgIpc) is 2.90. The molecule has 10 heteroatoms. The third-order valence-electron chi connectivity index (χ3n) is 4.14. The number of alkyl halides is 1. The summed E-state index contributed by atoms with van der Waals surface area (Å²) in [4.78, 5) is 24.5. The summed E-state index contributed by atoms with van der Waals surface area (Å²) < 4.78 is 15.5. The molecule has 3 rings (SSSR count). The van der Waals surface area contributed by atoms with Crippen LogP contribution in [0, 0.1) is 0 Å². The molecular formula is C19H15Cl3O7. The van der Waals surface area contributed by atoms with Crippen molar-refractivity contribution in [1.29, 1.82) is 0 Å². The molecule has 1 unspecified atom stereocenters. The van der Waals surface area contributed by atoms with E-state index in [1.165, 1.54) is 48.5 Å². The molecule has 7 nitrogen and oxygen atoms in total. The molecule has 0 aromatic heterocycles. The van der Waals surface area contributed by atoms with Crippen LogP contribution in [0.2, 0.25) is 10.0 Å². The van der Waals surface area contributed by atoms with Crippen LogP contribution in [-0.2, 0) is 14.2 Å². The standard InChI is InChI=1S/C19H15Cl3O7/c20-12-5-1-10(2-6-12)17(24)27-9-14-15(16(23)19(22,26)29-14)28-18(25)11-3-7-13(21)8-4-11/h1-8,14-16,23,26H,9H2/t14-,15-,16-,19?/m0/s1. The average molecular weight is 462 g/mol.